The first-order chi connectivity index (χ1) is 14.3. The topological polar surface area (TPSA) is 75.0 Å². The molecule has 0 saturated heterocycles. The van der Waals surface area contributed by atoms with Crippen LogP contribution in [-0.4, -0.2) is 24.2 Å². The molecule has 1 N–H and O–H groups in total. The summed E-state index contributed by atoms with van der Waals surface area (Å²) in [6.07, 6.45) is 1.02. The van der Waals surface area contributed by atoms with E-state index in [2.05, 4.69) is 46.4 Å². The molecule has 0 bridgehead atoms. The van der Waals surface area contributed by atoms with E-state index in [1.807, 2.05) is 30.3 Å². The van der Waals surface area contributed by atoms with Crippen LogP contribution in [-0.2, 0) is 4.74 Å². The van der Waals surface area contributed by atoms with Crippen LogP contribution < -0.4 is 5.32 Å². The Labute approximate surface area is 169 Å². The molecule has 2 aromatic carbocycles. The molecule has 0 saturated carbocycles. The maximum absolute atomic E-state index is 12.1. The molecule has 4 rings (SSSR count). The molecule has 5 heteroatoms. The minimum Gasteiger partial charge on any atom is -0.449 e. The van der Waals surface area contributed by atoms with Gasteiger partial charge in [0.15, 0.2) is 0 Å². The number of hydrogen-bond acceptors (Lipinski definition) is 4. The fraction of sp³-hybridized carbons (Fsp3) is 0.125. The van der Waals surface area contributed by atoms with Gasteiger partial charge in [-0.05, 0) is 34.4 Å². The fourth-order valence-electron chi connectivity index (χ4n) is 3.48. The Balaban J connectivity index is 1.35. The zero-order chi connectivity index (χ0) is 20.1. The van der Waals surface area contributed by atoms with E-state index in [0.717, 1.165) is 0 Å². The highest BCUT2D eigenvalue weighted by molar-refractivity contribution is 5.79. The van der Waals surface area contributed by atoms with Crippen LogP contribution in [0.25, 0.3) is 11.1 Å². The maximum Gasteiger partial charge on any atom is 0.407 e. The number of amides is 1. The van der Waals surface area contributed by atoms with E-state index in [1.54, 1.807) is 12.1 Å². The molecule has 0 aliphatic heterocycles. The second-order valence-corrected chi connectivity index (χ2v) is 6.52. The molecule has 0 atom stereocenters. The number of nitriles is 1. The minimum absolute atomic E-state index is 0.0282. The minimum atomic E-state index is -0.506. The number of ether oxygens (including phenoxy) is 1. The first-order valence-electron chi connectivity index (χ1n) is 9.20. The van der Waals surface area contributed by atoms with Gasteiger partial charge in [-0.2, -0.15) is 5.26 Å². The molecule has 140 valence electrons. The van der Waals surface area contributed by atoms with Gasteiger partial charge >= 0.3 is 6.09 Å². The Morgan fingerprint density at radius 3 is 2.45 bits per heavy atom. The van der Waals surface area contributed by atoms with Gasteiger partial charge in [0.05, 0.1) is 6.54 Å². The highest BCUT2D eigenvalue weighted by atomic mass is 16.5. The third-order valence-electron chi connectivity index (χ3n) is 4.77. The predicted octanol–water partition coefficient (Wildman–Crippen LogP) is 3.84. The highest BCUT2D eigenvalue weighted by Crippen LogP contribution is 2.44. The summed E-state index contributed by atoms with van der Waals surface area (Å²) in [4.78, 5) is 16.0. The number of benzene rings is 2. The average Bonchev–Trinajstić information content (AvgIpc) is 3.09. The number of carbonyl (C=O) groups excluding carboxylic acids is 1. The van der Waals surface area contributed by atoms with E-state index in [4.69, 9.17) is 10.00 Å². The number of hydrogen-bond donors (Lipinski definition) is 1. The molecule has 29 heavy (non-hydrogen) atoms. The van der Waals surface area contributed by atoms with Crippen LogP contribution in [0.5, 0.6) is 0 Å². The molecule has 1 aliphatic carbocycles. The Morgan fingerprint density at radius 1 is 1.07 bits per heavy atom. The van der Waals surface area contributed by atoms with Crippen molar-refractivity contribution in [3.8, 4) is 29.0 Å². The van der Waals surface area contributed by atoms with Crippen LogP contribution in [0, 0.1) is 23.2 Å². The molecule has 1 amide bonds. The third kappa shape index (κ3) is 3.95. The summed E-state index contributed by atoms with van der Waals surface area (Å²) in [7, 11) is 0. The van der Waals surface area contributed by atoms with Crippen LogP contribution in [0.3, 0.4) is 0 Å². The van der Waals surface area contributed by atoms with E-state index in [-0.39, 0.29) is 19.1 Å². The normalized spacial score (nSPS) is 11.4. The first-order valence-corrected chi connectivity index (χ1v) is 9.20. The van der Waals surface area contributed by atoms with Crippen LogP contribution in [0.1, 0.15) is 28.3 Å². The Kier molecular flexibility index (Phi) is 5.23. The van der Waals surface area contributed by atoms with Crippen molar-refractivity contribution >= 4 is 6.09 Å². The quantitative estimate of drug-likeness (QED) is 0.702. The number of carbonyl (C=O) groups is 1. The Morgan fingerprint density at radius 2 is 1.76 bits per heavy atom. The largest absolute Gasteiger partial charge is 0.449 e. The molecule has 1 aromatic heterocycles. The van der Waals surface area contributed by atoms with Gasteiger partial charge in [0.2, 0.25) is 0 Å². The molecule has 1 heterocycles. The van der Waals surface area contributed by atoms with Crippen molar-refractivity contribution in [3.63, 3.8) is 0 Å². The van der Waals surface area contributed by atoms with Crippen molar-refractivity contribution < 1.29 is 9.53 Å². The summed E-state index contributed by atoms with van der Waals surface area (Å²) in [5.41, 5.74) is 5.71. The van der Waals surface area contributed by atoms with E-state index in [9.17, 15) is 4.79 Å². The molecular formula is C24H17N3O2. The van der Waals surface area contributed by atoms with Crippen molar-refractivity contribution in [2.75, 3.05) is 13.2 Å². The predicted molar refractivity (Wildman–Crippen MR) is 109 cm³/mol. The summed E-state index contributed by atoms with van der Waals surface area (Å²) in [6, 6.07) is 21.7. The maximum atomic E-state index is 12.1. The summed E-state index contributed by atoms with van der Waals surface area (Å²) < 4.78 is 5.46. The van der Waals surface area contributed by atoms with Crippen LogP contribution >= 0.6 is 0 Å². The molecule has 5 nitrogen and oxygen atoms in total. The number of aromatic nitrogens is 1. The summed E-state index contributed by atoms with van der Waals surface area (Å²) >= 11 is 0. The SMILES string of the molecule is N#Cc1cc(C#CCNC(=O)OCC2c3ccccc3-c3ccccc32)ccn1. The number of pyridine rings is 1. The zero-order valence-electron chi connectivity index (χ0n) is 15.6. The monoisotopic (exact) mass is 379 g/mol. The first kappa shape index (κ1) is 18.3. The van der Waals surface area contributed by atoms with Gasteiger partial charge in [0.1, 0.15) is 18.4 Å². The zero-order valence-corrected chi connectivity index (χ0v) is 15.6. The van der Waals surface area contributed by atoms with Gasteiger partial charge in [-0.25, -0.2) is 9.78 Å². The fourth-order valence-corrected chi connectivity index (χ4v) is 3.48. The summed E-state index contributed by atoms with van der Waals surface area (Å²) in [5, 5.41) is 11.5. The number of rotatable bonds is 3. The van der Waals surface area contributed by atoms with Crippen molar-refractivity contribution in [2.45, 2.75) is 5.92 Å². The van der Waals surface area contributed by atoms with Crippen molar-refractivity contribution in [1.29, 1.82) is 5.26 Å². The Bertz CT molecular complexity index is 1120. The van der Waals surface area contributed by atoms with Gasteiger partial charge in [0.25, 0.3) is 0 Å². The molecule has 3 aromatic rings. The standard InChI is InChI=1S/C24H17N3O2/c25-15-18-14-17(11-13-26-18)6-5-12-27-24(28)29-16-23-21-9-3-1-7-19(21)20-8-2-4-10-22(20)23/h1-4,7-11,13-14,23H,12,16H2,(H,27,28). The number of fused-ring (bicyclic) bond motifs is 3. The summed E-state index contributed by atoms with van der Waals surface area (Å²) in [6.45, 7) is 0.421. The van der Waals surface area contributed by atoms with Gasteiger partial charge in [-0.3, -0.25) is 0 Å². The smallest absolute Gasteiger partial charge is 0.407 e. The average molecular weight is 379 g/mol. The molecule has 0 spiro atoms. The van der Waals surface area contributed by atoms with E-state index >= 15 is 0 Å². The second kappa shape index (κ2) is 8.29. The number of nitrogens with zero attached hydrogens (tertiary/aromatic N) is 2. The number of alkyl carbamates (subject to hydrolysis) is 1. The Hall–Kier alpha value is -4.09. The van der Waals surface area contributed by atoms with Crippen molar-refractivity contribution in [3.05, 3.63) is 89.2 Å². The lowest BCUT2D eigenvalue weighted by Crippen LogP contribution is -2.26. The third-order valence-corrected chi connectivity index (χ3v) is 4.77. The molecular weight excluding hydrogens is 362 g/mol. The lowest BCUT2D eigenvalue weighted by atomic mass is 9.98. The number of nitrogens with one attached hydrogen (secondary N) is 1. The summed E-state index contributed by atoms with van der Waals surface area (Å²) in [5.74, 6) is 5.76. The lowest BCUT2D eigenvalue weighted by Gasteiger charge is -2.14. The van der Waals surface area contributed by atoms with E-state index < -0.39 is 6.09 Å². The molecule has 1 aliphatic rings. The van der Waals surface area contributed by atoms with Crippen LogP contribution in [0.15, 0.2) is 66.9 Å². The van der Waals surface area contributed by atoms with Gasteiger partial charge < -0.3 is 10.1 Å². The molecule has 0 radical (unpaired) electrons. The van der Waals surface area contributed by atoms with E-state index in [1.165, 1.54) is 28.5 Å². The molecule has 0 fully saturated rings. The van der Waals surface area contributed by atoms with Crippen LogP contribution in [0.4, 0.5) is 4.79 Å². The van der Waals surface area contributed by atoms with Crippen LogP contribution in [0.2, 0.25) is 0 Å². The second-order valence-electron chi connectivity index (χ2n) is 6.52. The van der Waals surface area contributed by atoms with Crippen molar-refractivity contribution in [1.82, 2.24) is 10.3 Å². The van der Waals surface area contributed by atoms with Crippen molar-refractivity contribution in [2.24, 2.45) is 0 Å². The van der Waals surface area contributed by atoms with Gasteiger partial charge in [0, 0.05) is 17.7 Å². The van der Waals surface area contributed by atoms with E-state index in [0.29, 0.717) is 11.3 Å². The lowest BCUT2D eigenvalue weighted by molar-refractivity contribution is 0.144. The van der Waals surface area contributed by atoms with Gasteiger partial charge in [-0.15, -0.1) is 0 Å². The highest BCUT2D eigenvalue weighted by Gasteiger charge is 2.28. The molecule has 0 unspecified atom stereocenters. The van der Waals surface area contributed by atoms with Gasteiger partial charge in [-0.1, -0.05) is 60.4 Å².